The highest BCUT2D eigenvalue weighted by Gasteiger charge is 2.17. The van der Waals surface area contributed by atoms with Crippen LogP contribution in [-0.2, 0) is 9.53 Å². The first-order valence-electron chi connectivity index (χ1n) is 6.67. The largest absolute Gasteiger partial charge is 0.385 e. The van der Waals surface area contributed by atoms with Crippen molar-refractivity contribution in [2.75, 3.05) is 19.0 Å². The first-order chi connectivity index (χ1) is 9.86. The van der Waals surface area contributed by atoms with Crippen molar-refractivity contribution in [3.63, 3.8) is 0 Å². The predicted molar refractivity (Wildman–Crippen MR) is 80.3 cm³/mol. The van der Waals surface area contributed by atoms with Gasteiger partial charge in [-0.05, 0) is 38.3 Å². The van der Waals surface area contributed by atoms with Gasteiger partial charge in [0.25, 0.3) is 5.69 Å². The second-order valence-corrected chi connectivity index (χ2v) is 4.94. The maximum Gasteiger partial charge on any atom is 0.272 e. The van der Waals surface area contributed by atoms with Crippen molar-refractivity contribution in [2.24, 2.45) is 5.73 Å². The van der Waals surface area contributed by atoms with Gasteiger partial charge in [0.1, 0.15) is 0 Å². The van der Waals surface area contributed by atoms with Crippen LogP contribution in [-0.4, -0.2) is 30.6 Å². The van der Waals surface area contributed by atoms with Crippen LogP contribution in [0.25, 0.3) is 0 Å². The Hall–Kier alpha value is -1.99. The topological polar surface area (TPSA) is 107 Å². The summed E-state index contributed by atoms with van der Waals surface area (Å²) >= 11 is 0. The average Bonchev–Trinajstić information content (AvgIpc) is 2.42. The molecule has 0 aliphatic rings. The van der Waals surface area contributed by atoms with Crippen molar-refractivity contribution in [3.05, 3.63) is 33.4 Å². The Morgan fingerprint density at radius 2 is 2.10 bits per heavy atom. The smallest absolute Gasteiger partial charge is 0.272 e. The number of hydrogen-bond acceptors (Lipinski definition) is 5. The Morgan fingerprint density at radius 3 is 2.67 bits per heavy atom. The van der Waals surface area contributed by atoms with Crippen LogP contribution in [0.2, 0.25) is 0 Å². The number of amides is 1. The predicted octanol–water partition coefficient (Wildman–Crippen LogP) is 1.90. The molecule has 0 bridgehead atoms. The van der Waals surface area contributed by atoms with Crippen molar-refractivity contribution in [2.45, 2.75) is 32.7 Å². The Morgan fingerprint density at radius 1 is 1.43 bits per heavy atom. The van der Waals surface area contributed by atoms with Gasteiger partial charge in [-0.2, -0.15) is 0 Å². The van der Waals surface area contributed by atoms with E-state index in [2.05, 4.69) is 5.32 Å². The molecule has 116 valence electrons. The van der Waals surface area contributed by atoms with Crippen LogP contribution in [0, 0.1) is 24.0 Å². The standard InChI is InChI=1S/C14H21N3O4/c1-9-8-13(17(19)20)10(2)7-12(9)16-14(18)11(15)5-4-6-21-3/h7-8,11H,4-6,15H2,1-3H3,(H,16,18). The van der Waals surface area contributed by atoms with Gasteiger partial charge in [0, 0.05) is 31.0 Å². The Balaban J connectivity index is 2.76. The third-order valence-electron chi connectivity index (χ3n) is 3.20. The van der Waals surface area contributed by atoms with Gasteiger partial charge >= 0.3 is 0 Å². The molecule has 1 atom stereocenters. The summed E-state index contributed by atoms with van der Waals surface area (Å²) in [7, 11) is 1.59. The maximum absolute atomic E-state index is 12.0. The normalized spacial score (nSPS) is 12.0. The summed E-state index contributed by atoms with van der Waals surface area (Å²) in [5.74, 6) is -0.303. The van der Waals surface area contributed by atoms with Crippen molar-refractivity contribution in [1.29, 1.82) is 0 Å². The number of benzene rings is 1. The number of methoxy groups -OCH3 is 1. The summed E-state index contributed by atoms with van der Waals surface area (Å²) in [6.45, 7) is 3.89. The van der Waals surface area contributed by atoms with Crippen LogP contribution in [0.15, 0.2) is 12.1 Å². The fraction of sp³-hybridized carbons (Fsp3) is 0.500. The van der Waals surface area contributed by atoms with Gasteiger partial charge in [-0.1, -0.05) is 0 Å². The highest BCUT2D eigenvalue weighted by Crippen LogP contribution is 2.26. The molecule has 0 radical (unpaired) electrons. The van der Waals surface area contributed by atoms with Crippen LogP contribution in [0.5, 0.6) is 0 Å². The molecule has 0 heterocycles. The van der Waals surface area contributed by atoms with Crippen molar-refractivity contribution in [1.82, 2.24) is 0 Å². The number of nitrogens with two attached hydrogens (primary N) is 1. The SMILES string of the molecule is COCCCC(N)C(=O)Nc1cc(C)c([N+](=O)[O-])cc1C. The number of aryl methyl sites for hydroxylation is 2. The lowest BCUT2D eigenvalue weighted by molar-refractivity contribution is -0.385. The monoisotopic (exact) mass is 295 g/mol. The Kier molecular flexibility index (Phi) is 6.26. The van der Waals surface area contributed by atoms with Gasteiger partial charge in [-0.25, -0.2) is 0 Å². The van der Waals surface area contributed by atoms with Crippen LogP contribution >= 0.6 is 0 Å². The van der Waals surface area contributed by atoms with Crippen molar-refractivity contribution in [3.8, 4) is 0 Å². The van der Waals surface area contributed by atoms with Crippen LogP contribution in [0.1, 0.15) is 24.0 Å². The molecule has 0 aromatic heterocycles. The number of rotatable bonds is 7. The number of carbonyl (C=O) groups excluding carboxylic acids is 1. The van der Waals surface area contributed by atoms with E-state index in [1.165, 1.54) is 6.07 Å². The molecule has 21 heavy (non-hydrogen) atoms. The molecule has 7 nitrogen and oxygen atoms in total. The molecule has 3 N–H and O–H groups in total. The molecule has 0 aliphatic heterocycles. The number of nitrogens with zero attached hydrogens (tertiary/aromatic N) is 1. The first kappa shape index (κ1) is 17.1. The van der Waals surface area contributed by atoms with Gasteiger partial charge in [0.15, 0.2) is 0 Å². The van der Waals surface area contributed by atoms with Crippen molar-refractivity contribution >= 4 is 17.3 Å². The summed E-state index contributed by atoms with van der Waals surface area (Å²) in [5, 5.41) is 13.6. The summed E-state index contributed by atoms with van der Waals surface area (Å²) in [6.07, 6.45) is 1.22. The van der Waals surface area contributed by atoms with Gasteiger partial charge in [-0.3, -0.25) is 14.9 Å². The van der Waals surface area contributed by atoms with E-state index in [-0.39, 0.29) is 11.6 Å². The number of nitro groups is 1. The number of carbonyl (C=O) groups is 1. The van der Waals surface area contributed by atoms with Crippen LogP contribution in [0.4, 0.5) is 11.4 Å². The van der Waals surface area contributed by atoms with Crippen LogP contribution < -0.4 is 11.1 Å². The number of ether oxygens (including phenoxy) is 1. The van der Waals surface area contributed by atoms with Crippen LogP contribution in [0.3, 0.4) is 0 Å². The number of nitrogens with one attached hydrogen (secondary N) is 1. The fourth-order valence-electron chi connectivity index (χ4n) is 1.94. The van der Waals surface area contributed by atoms with E-state index in [0.29, 0.717) is 36.3 Å². The second kappa shape index (κ2) is 7.70. The molecule has 1 aromatic rings. The Labute approximate surface area is 123 Å². The van der Waals surface area contributed by atoms with E-state index in [1.54, 1.807) is 27.0 Å². The molecule has 1 amide bonds. The van der Waals surface area contributed by atoms with Gasteiger partial charge in [0.05, 0.1) is 11.0 Å². The van der Waals surface area contributed by atoms with Gasteiger partial charge < -0.3 is 15.8 Å². The zero-order valence-electron chi connectivity index (χ0n) is 12.5. The zero-order chi connectivity index (χ0) is 16.0. The van der Waals surface area contributed by atoms with E-state index in [0.717, 1.165) is 0 Å². The molecule has 0 saturated heterocycles. The van der Waals surface area contributed by atoms with Gasteiger partial charge in [-0.15, -0.1) is 0 Å². The van der Waals surface area contributed by atoms with E-state index in [1.807, 2.05) is 0 Å². The zero-order valence-corrected chi connectivity index (χ0v) is 12.5. The first-order valence-corrected chi connectivity index (χ1v) is 6.67. The lowest BCUT2D eigenvalue weighted by atomic mass is 10.1. The number of nitro benzene ring substituents is 1. The molecule has 7 heteroatoms. The minimum atomic E-state index is -0.630. The van der Waals surface area contributed by atoms with E-state index < -0.39 is 11.0 Å². The van der Waals surface area contributed by atoms with E-state index >= 15 is 0 Å². The molecule has 0 aliphatic carbocycles. The molecule has 0 fully saturated rings. The third-order valence-corrected chi connectivity index (χ3v) is 3.20. The molecular formula is C14H21N3O4. The highest BCUT2D eigenvalue weighted by atomic mass is 16.6. The quantitative estimate of drug-likeness (QED) is 0.454. The second-order valence-electron chi connectivity index (χ2n) is 4.94. The minimum absolute atomic E-state index is 0.0369. The molecule has 1 unspecified atom stereocenters. The lowest BCUT2D eigenvalue weighted by Crippen LogP contribution is -2.36. The van der Waals surface area contributed by atoms with Crippen molar-refractivity contribution < 1.29 is 14.5 Å². The lowest BCUT2D eigenvalue weighted by Gasteiger charge is -2.14. The Bertz CT molecular complexity index is 531. The minimum Gasteiger partial charge on any atom is -0.385 e. The highest BCUT2D eigenvalue weighted by molar-refractivity contribution is 5.95. The number of hydrogen-bond donors (Lipinski definition) is 2. The summed E-state index contributed by atoms with van der Waals surface area (Å²) < 4.78 is 4.91. The summed E-state index contributed by atoms with van der Waals surface area (Å²) in [4.78, 5) is 22.4. The summed E-state index contributed by atoms with van der Waals surface area (Å²) in [5.41, 5.74) is 7.50. The average molecular weight is 295 g/mol. The third kappa shape index (κ3) is 4.80. The molecule has 1 rings (SSSR count). The van der Waals surface area contributed by atoms with Gasteiger partial charge in [0.2, 0.25) is 5.91 Å². The molecular weight excluding hydrogens is 274 g/mol. The summed E-state index contributed by atoms with van der Waals surface area (Å²) in [6, 6.07) is 2.41. The van der Waals surface area contributed by atoms with E-state index in [9.17, 15) is 14.9 Å². The molecule has 0 saturated carbocycles. The number of anilines is 1. The fourth-order valence-corrected chi connectivity index (χ4v) is 1.94. The molecule has 1 aromatic carbocycles. The van der Waals surface area contributed by atoms with E-state index in [4.69, 9.17) is 10.5 Å². The molecule has 0 spiro atoms. The maximum atomic E-state index is 12.0.